The molecule has 1 rings (SSSR count). The van der Waals surface area contributed by atoms with Crippen LogP contribution in [0.5, 0.6) is 0 Å². The minimum Gasteiger partial charge on any atom is -0.428 e. The highest BCUT2D eigenvalue weighted by Gasteiger charge is 2.07. The van der Waals surface area contributed by atoms with Gasteiger partial charge in [-0.05, 0) is 24.0 Å². The molecule has 0 bridgehead atoms. The molecule has 0 heterocycles. The van der Waals surface area contributed by atoms with Gasteiger partial charge in [0.05, 0.1) is 6.42 Å². The van der Waals surface area contributed by atoms with Gasteiger partial charge in [0.1, 0.15) is 0 Å². The van der Waals surface area contributed by atoms with Gasteiger partial charge in [0, 0.05) is 6.42 Å². The molecule has 4 nitrogen and oxygen atoms in total. The maximum atomic E-state index is 11.6. The van der Waals surface area contributed by atoms with Crippen LogP contribution in [0.1, 0.15) is 30.9 Å². The predicted octanol–water partition coefficient (Wildman–Crippen LogP) is 2.80. The molecule has 0 unspecified atom stereocenters. The fourth-order valence-electron chi connectivity index (χ4n) is 1.64. The Hall–Kier alpha value is -2.10. The molecular formula is C16H20O4. The van der Waals surface area contributed by atoms with Gasteiger partial charge in [0.2, 0.25) is 6.79 Å². The molecule has 0 aliphatic heterocycles. The molecule has 0 atom stereocenters. The van der Waals surface area contributed by atoms with Crippen molar-refractivity contribution in [2.45, 2.75) is 32.6 Å². The van der Waals surface area contributed by atoms with Crippen LogP contribution < -0.4 is 0 Å². The van der Waals surface area contributed by atoms with Gasteiger partial charge in [0.25, 0.3) is 0 Å². The lowest BCUT2D eigenvalue weighted by atomic mass is 10.0. The summed E-state index contributed by atoms with van der Waals surface area (Å²) in [6, 6.07) is 7.78. The van der Waals surface area contributed by atoms with E-state index in [4.69, 9.17) is 4.74 Å². The van der Waals surface area contributed by atoms with Gasteiger partial charge in [-0.25, -0.2) is 0 Å². The van der Waals surface area contributed by atoms with Crippen LogP contribution in [-0.2, 0) is 31.9 Å². The largest absolute Gasteiger partial charge is 0.428 e. The summed E-state index contributed by atoms with van der Waals surface area (Å²) in [5, 5.41) is 0. The molecule has 1 aromatic rings. The number of carbonyl (C=O) groups is 2. The monoisotopic (exact) mass is 276 g/mol. The van der Waals surface area contributed by atoms with Crippen LogP contribution in [0.2, 0.25) is 0 Å². The summed E-state index contributed by atoms with van der Waals surface area (Å²) in [4.78, 5) is 22.5. The molecule has 0 aliphatic rings. The molecule has 0 saturated heterocycles. The summed E-state index contributed by atoms with van der Waals surface area (Å²) in [7, 11) is 0. The van der Waals surface area contributed by atoms with E-state index >= 15 is 0 Å². The zero-order valence-electron chi connectivity index (χ0n) is 11.8. The Morgan fingerprint density at radius 3 is 2.60 bits per heavy atom. The van der Waals surface area contributed by atoms with Crippen molar-refractivity contribution in [3.8, 4) is 0 Å². The number of esters is 2. The maximum Gasteiger partial charge on any atom is 0.313 e. The van der Waals surface area contributed by atoms with E-state index < -0.39 is 5.97 Å². The van der Waals surface area contributed by atoms with Gasteiger partial charge in [-0.1, -0.05) is 37.3 Å². The van der Waals surface area contributed by atoms with E-state index in [1.54, 1.807) is 6.92 Å². The van der Waals surface area contributed by atoms with Gasteiger partial charge in [-0.2, -0.15) is 0 Å². The average Bonchev–Trinajstić information content (AvgIpc) is 2.45. The first-order chi connectivity index (χ1) is 9.65. The highest BCUT2D eigenvalue weighted by molar-refractivity contribution is 5.73. The lowest BCUT2D eigenvalue weighted by Crippen LogP contribution is -2.13. The highest BCUT2D eigenvalue weighted by atomic mass is 16.7. The number of ether oxygens (including phenoxy) is 2. The molecule has 0 spiro atoms. The van der Waals surface area contributed by atoms with E-state index in [0.717, 1.165) is 24.0 Å². The molecule has 0 radical (unpaired) electrons. The lowest BCUT2D eigenvalue weighted by Gasteiger charge is -2.06. The maximum absolute atomic E-state index is 11.6. The van der Waals surface area contributed by atoms with Gasteiger partial charge in [0.15, 0.2) is 0 Å². The van der Waals surface area contributed by atoms with Crippen LogP contribution in [0.3, 0.4) is 0 Å². The normalized spacial score (nSPS) is 9.85. The van der Waals surface area contributed by atoms with Crippen molar-refractivity contribution in [3.63, 3.8) is 0 Å². The quantitative estimate of drug-likeness (QED) is 0.416. The first-order valence-electron chi connectivity index (χ1n) is 6.65. The fraction of sp³-hybridized carbons (Fsp3) is 0.375. The van der Waals surface area contributed by atoms with Gasteiger partial charge < -0.3 is 9.47 Å². The van der Waals surface area contributed by atoms with Crippen LogP contribution in [0.15, 0.2) is 36.9 Å². The standard InChI is InChI=1S/C16H20O4/c1-3-5-7-13-8-6-9-14(10-13)11-16(18)20-12-19-15(17)4-2/h3,6,8-10H,1,4-5,7,11-12H2,2H3. The first kappa shape index (κ1) is 16.0. The lowest BCUT2D eigenvalue weighted by molar-refractivity contribution is -0.166. The number of carbonyl (C=O) groups excluding carboxylic acids is 2. The first-order valence-corrected chi connectivity index (χ1v) is 6.65. The Morgan fingerprint density at radius 2 is 1.90 bits per heavy atom. The van der Waals surface area contributed by atoms with E-state index in [0.29, 0.717) is 0 Å². The Labute approximate surface area is 119 Å². The molecule has 0 N–H and O–H groups in total. The van der Waals surface area contributed by atoms with Crippen molar-refractivity contribution in [1.29, 1.82) is 0 Å². The molecule has 0 aromatic heterocycles. The second-order valence-electron chi connectivity index (χ2n) is 4.33. The summed E-state index contributed by atoms with van der Waals surface area (Å²) in [6.07, 6.45) is 4.11. The predicted molar refractivity (Wildman–Crippen MR) is 76.0 cm³/mol. The molecule has 4 heteroatoms. The molecule has 0 amide bonds. The number of hydrogen-bond acceptors (Lipinski definition) is 4. The van der Waals surface area contributed by atoms with E-state index in [1.165, 1.54) is 0 Å². The number of benzene rings is 1. The molecule has 108 valence electrons. The Morgan fingerprint density at radius 1 is 1.20 bits per heavy atom. The second kappa shape index (κ2) is 8.91. The molecule has 0 aliphatic carbocycles. The molecular weight excluding hydrogens is 256 g/mol. The minimum atomic E-state index is -0.408. The summed E-state index contributed by atoms with van der Waals surface area (Å²) in [5.74, 6) is -0.793. The Kier molecular flexibility index (Phi) is 7.11. The second-order valence-corrected chi connectivity index (χ2v) is 4.33. The third-order valence-corrected chi connectivity index (χ3v) is 2.71. The van der Waals surface area contributed by atoms with E-state index in [2.05, 4.69) is 11.3 Å². The molecule has 1 aromatic carbocycles. The zero-order chi connectivity index (χ0) is 14.8. The van der Waals surface area contributed by atoms with Crippen LogP contribution in [0.4, 0.5) is 0 Å². The van der Waals surface area contributed by atoms with Crippen molar-refractivity contribution >= 4 is 11.9 Å². The van der Waals surface area contributed by atoms with Crippen LogP contribution in [-0.4, -0.2) is 18.7 Å². The number of rotatable bonds is 8. The summed E-state index contributed by atoms with van der Waals surface area (Å²) in [6.45, 7) is 5.05. The average molecular weight is 276 g/mol. The Bertz CT molecular complexity index is 465. The topological polar surface area (TPSA) is 52.6 Å². The smallest absolute Gasteiger partial charge is 0.313 e. The third-order valence-electron chi connectivity index (χ3n) is 2.71. The van der Waals surface area contributed by atoms with Crippen LogP contribution in [0.25, 0.3) is 0 Å². The van der Waals surface area contributed by atoms with Crippen molar-refractivity contribution in [1.82, 2.24) is 0 Å². The minimum absolute atomic E-state index is 0.172. The van der Waals surface area contributed by atoms with Gasteiger partial charge in [-0.15, -0.1) is 6.58 Å². The van der Waals surface area contributed by atoms with Crippen molar-refractivity contribution < 1.29 is 19.1 Å². The Balaban J connectivity index is 2.41. The third kappa shape index (κ3) is 6.18. The fourth-order valence-corrected chi connectivity index (χ4v) is 1.64. The van der Waals surface area contributed by atoms with E-state index in [9.17, 15) is 9.59 Å². The number of hydrogen-bond donors (Lipinski definition) is 0. The van der Waals surface area contributed by atoms with Crippen molar-refractivity contribution in [3.05, 3.63) is 48.0 Å². The van der Waals surface area contributed by atoms with Crippen LogP contribution >= 0.6 is 0 Å². The SMILES string of the molecule is C=CCCc1cccc(CC(=O)OCOC(=O)CC)c1. The molecule has 0 fully saturated rings. The van der Waals surface area contributed by atoms with Gasteiger partial charge in [-0.3, -0.25) is 9.59 Å². The molecule has 20 heavy (non-hydrogen) atoms. The van der Waals surface area contributed by atoms with E-state index in [1.807, 2.05) is 30.3 Å². The number of aryl methyl sites for hydroxylation is 1. The summed E-state index contributed by atoms with van der Waals surface area (Å²) in [5.41, 5.74) is 2.05. The number of allylic oxidation sites excluding steroid dienone is 1. The summed E-state index contributed by atoms with van der Waals surface area (Å²) < 4.78 is 9.52. The summed E-state index contributed by atoms with van der Waals surface area (Å²) >= 11 is 0. The van der Waals surface area contributed by atoms with Crippen molar-refractivity contribution in [2.24, 2.45) is 0 Å². The van der Waals surface area contributed by atoms with Crippen LogP contribution in [0, 0.1) is 0 Å². The van der Waals surface area contributed by atoms with Crippen molar-refractivity contribution in [2.75, 3.05) is 6.79 Å². The zero-order valence-corrected chi connectivity index (χ0v) is 11.8. The molecule has 0 saturated carbocycles. The van der Waals surface area contributed by atoms with E-state index in [-0.39, 0.29) is 25.6 Å². The highest BCUT2D eigenvalue weighted by Crippen LogP contribution is 2.09. The van der Waals surface area contributed by atoms with Gasteiger partial charge >= 0.3 is 11.9 Å².